The van der Waals surface area contributed by atoms with Gasteiger partial charge in [-0.2, -0.15) is 0 Å². The number of aromatic amines is 1. The van der Waals surface area contributed by atoms with Crippen LogP contribution in [0.2, 0.25) is 0 Å². The first-order chi connectivity index (χ1) is 7.50. The highest BCUT2D eigenvalue weighted by atomic mass is 16.5. The molecule has 0 radical (unpaired) electrons. The Labute approximate surface area is 89.3 Å². The molecular formula is C9H11NO6. The zero-order chi connectivity index (χ0) is 11.9. The lowest BCUT2D eigenvalue weighted by Crippen LogP contribution is -2.31. The summed E-state index contributed by atoms with van der Waals surface area (Å²) >= 11 is 0. The first kappa shape index (κ1) is 11.1. The molecular weight excluding hydrogens is 218 g/mol. The number of rotatable bonds is 1. The molecule has 4 atom stereocenters. The highest BCUT2D eigenvalue weighted by Crippen LogP contribution is 2.31. The molecule has 7 heteroatoms. The van der Waals surface area contributed by atoms with Crippen LogP contribution < -0.4 is 11.3 Å². The summed E-state index contributed by atoms with van der Waals surface area (Å²) in [5, 5.41) is 19.1. The van der Waals surface area contributed by atoms with Gasteiger partial charge in [0.15, 0.2) is 0 Å². The third-order valence-corrected chi connectivity index (χ3v) is 2.58. The maximum absolute atomic E-state index is 11.4. The topological polar surface area (TPSA) is 113 Å². The summed E-state index contributed by atoms with van der Waals surface area (Å²) in [7, 11) is 0. The molecule has 7 nitrogen and oxygen atoms in total. The van der Waals surface area contributed by atoms with Crippen molar-refractivity contribution in [2.24, 2.45) is 0 Å². The predicted octanol–water partition coefficient (Wildman–Crippen LogP) is -1.49. The lowest BCUT2D eigenvalue weighted by Gasteiger charge is -2.12. The monoisotopic (exact) mass is 229 g/mol. The van der Waals surface area contributed by atoms with E-state index in [0.29, 0.717) is 0 Å². The first-order valence-electron chi connectivity index (χ1n) is 4.74. The second kappa shape index (κ2) is 3.85. The van der Waals surface area contributed by atoms with Crippen LogP contribution in [-0.2, 0) is 4.74 Å². The van der Waals surface area contributed by atoms with Crippen LogP contribution in [0.4, 0.5) is 0 Å². The van der Waals surface area contributed by atoms with Gasteiger partial charge in [0.2, 0.25) is 0 Å². The summed E-state index contributed by atoms with van der Waals surface area (Å²) in [5.74, 6) is -0.880. The summed E-state index contributed by atoms with van der Waals surface area (Å²) in [5.41, 5.74) is -0.711. The Bertz CT molecular complexity index is 491. The maximum Gasteiger partial charge on any atom is 0.419 e. The van der Waals surface area contributed by atoms with E-state index in [1.807, 2.05) is 4.98 Å². The molecule has 2 rings (SSSR count). The number of hydrogen-bond acceptors (Lipinski definition) is 6. The van der Waals surface area contributed by atoms with Gasteiger partial charge in [0.25, 0.3) is 5.56 Å². The van der Waals surface area contributed by atoms with Gasteiger partial charge in [0.05, 0.1) is 11.7 Å². The molecule has 1 aliphatic heterocycles. The van der Waals surface area contributed by atoms with Gasteiger partial charge >= 0.3 is 5.76 Å². The van der Waals surface area contributed by atoms with E-state index in [2.05, 4.69) is 4.42 Å². The molecule has 0 amide bonds. The summed E-state index contributed by atoms with van der Waals surface area (Å²) in [6.45, 7) is 1.57. The second-order valence-electron chi connectivity index (χ2n) is 3.68. The second-order valence-corrected chi connectivity index (χ2v) is 3.68. The normalized spacial score (nSPS) is 34.2. The lowest BCUT2D eigenvalue weighted by molar-refractivity contribution is 0.0128. The summed E-state index contributed by atoms with van der Waals surface area (Å²) in [6.07, 6.45) is -2.94. The molecule has 1 fully saturated rings. The van der Waals surface area contributed by atoms with Gasteiger partial charge in [-0.05, 0) is 6.92 Å². The van der Waals surface area contributed by atoms with Crippen LogP contribution in [0.5, 0.6) is 0 Å². The van der Waals surface area contributed by atoms with E-state index in [-0.39, 0.29) is 5.56 Å². The molecule has 3 N–H and O–H groups in total. The van der Waals surface area contributed by atoms with Crippen molar-refractivity contribution in [3.63, 3.8) is 0 Å². The van der Waals surface area contributed by atoms with Crippen molar-refractivity contribution in [2.45, 2.75) is 31.3 Å². The van der Waals surface area contributed by atoms with Gasteiger partial charge in [-0.3, -0.25) is 9.78 Å². The number of nitrogens with one attached hydrogen (secondary N) is 1. The van der Waals surface area contributed by atoms with Crippen molar-refractivity contribution in [2.75, 3.05) is 0 Å². The molecule has 1 aromatic rings. The number of hydrogen-bond donors (Lipinski definition) is 3. The quantitative estimate of drug-likeness (QED) is 0.540. The molecule has 0 bridgehead atoms. The Balaban J connectivity index is 2.39. The third kappa shape index (κ3) is 1.69. The minimum Gasteiger partial charge on any atom is -0.417 e. The van der Waals surface area contributed by atoms with E-state index in [4.69, 9.17) is 4.74 Å². The van der Waals surface area contributed by atoms with Crippen LogP contribution in [0.1, 0.15) is 18.6 Å². The first-order valence-corrected chi connectivity index (χ1v) is 4.74. The van der Waals surface area contributed by atoms with Crippen molar-refractivity contribution in [1.82, 2.24) is 4.98 Å². The van der Waals surface area contributed by atoms with E-state index < -0.39 is 35.7 Å². The zero-order valence-corrected chi connectivity index (χ0v) is 8.41. The summed E-state index contributed by atoms with van der Waals surface area (Å²) in [4.78, 5) is 24.0. The fourth-order valence-electron chi connectivity index (χ4n) is 1.67. The molecule has 88 valence electrons. The van der Waals surface area contributed by atoms with Crippen LogP contribution in [0.15, 0.2) is 20.3 Å². The fourth-order valence-corrected chi connectivity index (χ4v) is 1.67. The molecule has 0 spiro atoms. The minimum absolute atomic E-state index is 0.0181. The number of H-pyrrole nitrogens is 1. The molecule has 0 saturated carbocycles. The van der Waals surface area contributed by atoms with Crippen molar-refractivity contribution in [1.29, 1.82) is 0 Å². The van der Waals surface area contributed by atoms with Crippen LogP contribution in [0, 0.1) is 0 Å². The van der Waals surface area contributed by atoms with Crippen molar-refractivity contribution in [3.8, 4) is 0 Å². The largest absolute Gasteiger partial charge is 0.419 e. The Morgan fingerprint density at radius 1 is 1.31 bits per heavy atom. The molecule has 2 heterocycles. The third-order valence-electron chi connectivity index (χ3n) is 2.58. The molecule has 0 aromatic carbocycles. The average Bonchev–Trinajstić information content (AvgIpc) is 2.46. The molecule has 4 unspecified atom stereocenters. The smallest absolute Gasteiger partial charge is 0.417 e. The molecule has 1 aromatic heterocycles. The Morgan fingerprint density at radius 2 is 2.00 bits per heavy atom. The summed E-state index contributed by atoms with van der Waals surface area (Å²) < 4.78 is 9.70. The number of aliphatic hydroxyl groups excluding tert-OH is 2. The van der Waals surface area contributed by atoms with Gasteiger partial charge in [0, 0.05) is 0 Å². The van der Waals surface area contributed by atoms with E-state index >= 15 is 0 Å². The number of aromatic nitrogens is 1. The lowest BCUT2D eigenvalue weighted by atomic mass is 10.0. The SMILES string of the molecule is CC1OC(c2coc(=O)[nH]c2=O)C(O)C1O. The highest BCUT2D eigenvalue weighted by molar-refractivity contribution is 5.11. The molecule has 16 heavy (non-hydrogen) atoms. The Morgan fingerprint density at radius 3 is 2.50 bits per heavy atom. The average molecular weight is 229 g/mol. The van der Waals surface area contributed by atoms with Gasteiger partial charge in [-0.25, -0.2) is 4.79 Å². The van der Waals surface area contributed by atoms with Crippen LogP contribution >= 0.6 is 0 Å². The van der Waals surface area contributed by atoms with E-state index in [1.165, 1.54) is 0 Å². The van der Waals surface area contributed by atoms with Gasteiger partial charge in [-0.15, -0.1) is 0 Å². The maximum atomic E-state index is 11.4. The van der Waals surface area contributed by atoms with E-state index in [9.17, 15) is 19.8 Å². The molecule has 0 aliphatic carbocycles. The van der Waals surface area contributed by atoms with Crippen molar-refractivity contribution in [3.05, 3.63) is 32.7 Å². The van der Waals surface area contributed by atoms with Gasteiger partial charge in [-0.1, -0.05) is 0 Å². The zero-order valence-electron chi connectivity index (χ0n) is 8.41. The van der Waals surface area contributed by atoms with Crippen LogP contribution in [0.25, 0.3) is 0 Å². The van der Waals surface area contributed by atoms with Crippen LogP contribution in [0.3, 0.4) is 0 Å². The molecule has 1 aliphatic rings. The van der Waals surface area contributed by atoms with E-state index in [0.717, 1.165) is 6.26 Å². The van der Waals surface area contributed by atoms with Crippen LogP contribution in [-0.4, -0.2) is 33.5 Å². The minimum atomic E-state index is -1.22. The number of ether oxygens (including phenoxy) is 1. The van der Waals surface area contributed by atoms with E-state index in [1.54, 1.807) is 6.92 Å². The summed E-state index contributed by atoms with van der Waals surface area (Å²) in [6, 6.07) is 0. The van der Waals surface area contributed by atoms with Gasteiger partial charge in [0.1, 0.15) is 24.6 Å². The molecule has 1 saturated heterocycles. The Kier molecular flexibility index (Phi) is 2.66. The number of aliphatic hydroxyl groups is 2. The van der Waals surface area contributed by atoms with Gasteiger partial charge < -0.3 is 19.4 Å². The van der Waals surface area contributed by atoms with Crippen molar-refractivity contribution < 1.29 is 19.4 Å². The predicted molar refractivity (Wildman–Crippen MR) is 50.9 cm³/mol. The fraction of sp³-hybridized carbons (Fsp3) is 0.556. The highest BCUT2D eigenvalue weighted by Gasteiger charge is 2.42. The standard InChI is InChI=1S/C9H11NO6/c1-3-5(11)6(12)7(16-3)4-2-15-9(14)10-8(4)13/h2-3,5-7,11-12H,1H3,(H,10,13,14). The Hall–Kier alpha value is -1.44. The van der Waals surface area contributed by atoms with Crippen molar-refractivity contribution >= 4 is 0 Å².